The first-order valence-electron chi connectivity index (χ1n) is 12.0. The van der Waals surface area contributed by atoms with E-state index in [1.165, 1.54) is 77.0 Å². The zero-order valence-electron chi connectivity index (χ0n) is 18.6. The maximum Gasteiger partial charge on any atom is 0.114 e. The highest BCUT2D eigenvalue weighted by molar-refractivity contribution is 4.87. The lowest BCUT2D eigenvalue weighted by molar-refractivity contribution is -0.0813. The van der Waals surface area contributed by atoms with E-state index in [9.17, 15) is 15.3 Å². The highest BCUT2D eigenvalue weighted by Crippen LogP contribution is 2.18. The zero-order chi connectivity index (χ0) is 21.2. The predicted octanol–water partition coefficient (Wildman–Crippen LogP) is 4.52. The van der Waals surface area contributed by atoms with Crippen molar-refractivity contribution in [2.24, 2.45) is 0 Å². The maximum atomic E-state index is 9.95. The molecule has 172 valence electrons. The molecule has 3 N–H and O–H groups in total. The molecule has 0 bridgehead atoms. The number of unbranched alkanes of at least 4 members (excludes halogenated alkanes) is 12. The van der Waals surface area contributed by atoms with Crippen molar-refractivity contribution in [2.45, 2.75) is 121 Å². The lowest BCUT2D eigenvalue weighted by atomic mass is 10.1. The molecule has 1 aliphatic rings. The third kappa shape index (κ3) is 13.5. The average Bonchev–Trinajstić information content (AvgIpc) is 3.05. The molecule has 0 aliphatic carbocycles. The van der Waals surface area contributed by atoms with E-state index in [1.54, 1.807) is 0 Å². The van der Waals surface area contributed by atoms with Crippen molar-refractivity contribution in [3.63, 3.8) is 0 Å². The van der Waals surface area contributed by atoms with Crippen molar-refractivity contribution in [2.75, 3.05) is 19.8 Å². The molecule has 1 heterocycles. The Labute approximate surface area is 178 Å². The van der Waals surface area contributed by atoms with Crippen LogP contribution in [0, 0.1) is 0 Å². The summed E-state index contributed by atoms with van der Waals surface area (Å²) in [6.07, 6.45) is 19.0. The quantitative estimate of drug-likeness (QED) is 0.214. The Bertz CT molecular complexity index is 387. The predicted molar refractivity (Wildman–Crippen MR) is 118 cm³/mol. The number of hydrogen-bond acceptors (Lipinski definition) is 5. The van der Waals surface area contributed by atoms with Crippen LogP contribution in [-0.4, -0.2) is 59.6 Å². The third-order valence-corrected chi connectivity index (χ3v) is 5.66. The molecule has 0 aromatic rings. The van der Waals surface area contributed by atoms with Crippen LogP contribution in [-0.2, 0) is 9.47 Å². The number of aliphatic hydroxyl groups is 3. The highest BCUT2D eigenvalue weighted by atomic mass is 16.5. The average molecular weight is 415 g/mol. The Morgan fingerprint density at radius 1 is 0.862 bits per heavy atom. The molecule has 29 heavy (non-hydrogen) atoms. The Morgan fingerprint density at radius 2 is 1.41 bits per heavy atom. The van der Waals surface area contributed by atoms with E-state index in [4.69, 9.17) is 9.47 Å². The molecule has 1 fully saturated rings. The molecule has 1 saturated heterocycles. The summed E-state index contributed by atoms with van der Waals surface area (Å²) < 4.78 is 10.7. The largest absolute Gasteiger partial charge is 0.388 e. The molecule has 0 aromatic carbocycles. The summed E-state index contributed by atoms with van der Waals surface area (Å²) in [5.74, 6) is 0. The van der Waals surface area contributed by atoms with Crippen LogP contribution in [0.1, 0.15) is 96.8 Å². The normalized spacial score (nSPS) is 23.2. The second-order valence-corrected chi connectivity index (χ2v) is 8.44. The molecule has 5 heteroatoms. The molecule has 0 unspecified atom stereocenters. The maximum absolute atomic E-state index is 9.95. The summed E-state index contributed by atoms with van der Waals surface area (Å²) in [5.41, 5.74) is 0. The second kappa shape index (κ2) is 18.3. The van der Waals surface area contributed by atoms with Crippen LogP contribution in [0.15, 0.2) is 12.2 Å². The molecule has 1 aliphatic heterocycles. The molecule has 5 nitrogen and oxygen atoms in total. The summed E-state index contributed by atoms with van der Waals surface area (Å²) >= 11 is 0. The van der Waals surface area contributed by atoms with E-state index in [2.05, 4.69) is 19.1 Å². The van der Waals surface area contributed by atoms with Crippen molar-refractivity contribution < 1.29 is 24.8 Å². The Morgan fingerprint density at radius 3 is 1.97 bits per heavy atom. The fourth-order valence-corrected chi connectivity index (χ4v) is 3.70. The van der Waals surface area contributed by atoms with Gasteiger partial charge in [-0.15, -0.1) is 0 Å². The second-order valence-electron chi connectivity index (χ2n) is 8.44. The van der Waals surface area contributed by atoms with Gasteiger partial charge in [-0.3, -0.25) is 0 Å². The number of rotatable bonds is 19. The lowest BCUT2D eigenvalue weighted by Gasteiger charge is -2.20. The zero-order valence-corrected chi connectivity index (χ0v) is 18.6. The van der Waals surface area contributed by atoms with Gasteiger partial charge < -0.3 is 24.8 Å². The van der Waals surface area contributed by atoms with Crippen molar-refractivity contribution in [1.82, 2.24) is 0 Å². The number of aliphatic hydroxyl groups excluding tert-OH is 3. The van der Waals surface area contributed by atoms with E-state index in [-0.39, 0.29) is 13.2 Å². The molecular formula is C24H46O5. The van der Waals surface area contributed by atoms with Gasteiger partial charge in [0.2, 0.25) is 0 Å². The van der Waals surface area contributed by atoms with Crippen molar-refractivity contribution in [1.29, 1.82) is 0 Å². The Balaban J connectivity index is 1.76. The Kier molecular flexibility index (Phi) is 16.8. The topological polar surface area (TPSA) is 79.2 Å². The molecule has 0 amide bonds. The molecule has 1 rings (SSSR count). The first kappa shape index (κ1) is 26.6. The smallest absolute Gasteiger partial charge is 0.114 e. The van der Waals surface area contributed by atoms with Gasteiger partial charge in [-0.2, -0.15) is 0 Å². The summed E-state index contributed by atoms with van der Waals surface area (Å²) in [7, 11) is 0. The van der Waals surface area contributed by atoms with Crippen LogP contribution in [0.25, 0.3) is 0 Å². The molecule has 0 spiro atoms. The number of ether oxygens (including phenoxy) is 2. The molecule has 0 aromatic heterocycles. The van der Waals surface area contributed by atoms with Gasteiger partial charge in [-0.25, -0.2) is 0 Å². The standard InChI is InChI=1S/C24H46O5/c1-2-3-4-5-6-7-8-9-10-11-12-13-14-15-16-17-18-28-19-22(26)24-23(27)21(25)20-29-24/h5-6,21-27H,2-4,7-20H2,1H3/b6-5+/t21-,22+,23+,24+/m0/s1. The monoisotopic (exact) mass is 414 g/mol. The van der Waals surface area contributed by atoms with Crippen molar-refractivity contribution in [3.8, 4) is 0 Å². The van der Waals surface area contributed by atoms with Crippen LogP contribution in [0.5, 0.6) is 0 Å². The van der Waals surface area contributed by atoms with E-state index in [0.29, 0.717) is 6.61 Å². The van der Waals surface area contributed by atoms with Gasteiger partial charge >= 0.3 is 0 Å². The highest BCUT2D eigenvalue weighted by Gasteiger charge is 2.39. The fourth-order valence-electron chi connectivity index (χ4n) is 3.70. The SMILES string of the molecule is CCCC/C=C/CCCCCCCCCCCCOC[C@@H](O)[C@H]1OC[C@H](O)[C@H]1O. The minimum atomic E-state index is -1.03. The van der Waals surface area contributed by atoms with Gasteiger partial charge in [0.25, 0.3) is 0 Å². The van der Waals surface area contributed by atoms with Gasteiger partial charge in [0.1, 0.15) is 24.4 Å². The van der Waals surface area contributed by atoms with Gasteiger partial charge in [0.15, 0.2) is 0 Å². The molecule has 0 saturated carbocycles. The van der Waals surface area contributed by atoms with Gasteiger partial charge in [0, 0.05) is 6.61 Å². The lowest BCUT2D eigenvalue weighted by Crippen LogP contribution is -2.40. The molecule has 0 radical (unpaired) electrons. The fraction of sp³-hybridized carbons (Fsp3) is 0.917. The van der Waals surface area contributed by atoms with Gasteiger partial charge in [-0.05, 0) is 25.7 Å². The first-order chi connectivity index (χ1) is 14.2. The van der Waals surface area contributed by atoms with E-state index >= 15 is 0 Å². The van der Waals surface area contributed by atoms with Gasteiger partial charge in [-0.1, -0.05) is 83.3 Å². The number of allylic oxidation sites excluding steroid dienone is 2. The van der Waals surface area contributed by atoms with E-state index in [1.807, 2.05) is 0 Å². The van der Waals surface area contributed by atoms with Crippen molar-refractivity contribution >= 4 is 0 Å². The summed E-state index contributed by atoms with van der Waals surface area (Å²) in [6, 6.07) is 0. The number of hydrogen-bond donors (Lipinski definition) is 3. The van der Waals surface area contributed by atoms with Crippen LogP contribution in [0.3, 0.4) is 0 Å². The molecule has 4 atom stereocenters. The third-order valence-electron chi connectivity index (χ3n) is 5.66. The molecular weight excluding hydrogens is 368 g/mol. The van der Waals surface area contributed by atoms with Gasteiger partial charge in [0.05, 0.1) is 13.2 Å². The van der Waals surface area contributed by atoms with E-state index < -0.39 is 24.4 Å². The summed E-state index contributed by atoms with van der Waals surface area (Å²) in [4.78, 5) is 0. The van der Waals surface area contributed by atoms with E-state index in [0.717, 1.165) is 12.8 Å². The Hall–Kier alpha value is -0.460. The summed E-state index contributed by atoms with van der Waals surface area (Å²) in [5, 5.41) is 29.0. The minimum Gasteiger partial charge on any atom is -0.388 e. The summed E-state index contributed by atoms with van der Waals surface area (Å²) in [6.45, 7) is 3.07. The van der Waals surface area contributed by atoms with Crippen LogP contribution < -0.4 is 0 Å². The van der Waals surface area contributed by atoms with Crippen molar-refractivity contribution in [3.05, 3.63) is 12.2 Å². The van der Waals surface area contributed by atoms with Crippen LogP contribution in [0.2, 0.25) is 0 Å². The first-order valence-corrected chi connectivity index (χ1v) is 12.0. The van der Waals surface area contributed by atoms with Crippen LogP contribution >= 0.6 is 0 Å². The minimum absolute atomic E-state index is 0.0688. The van der Waals surface area contributed by atoms with Crippen LogP contribution in [0.4, 0.5) is 0 Å².